The Morgan fingerprint density at radius 2 is 2.12 bits per heavy atom. The normalized spacial score (nSPS) is 22.0. The van der Waals surface area contributed by atoms with Crippen LogP contribution in [0.1, 0.15) is 36.8 Å². The Bertz CT molecular complexity index is 609. The fourth-order valence-electron chi connectivity index (χ4n) is 3.18. The summed E-state index contributed by atoms with van der Waals surface area (Å²) in [5, 5.41) is 7.21. The van der Waals surface area contributed by atoms with Crippen LogP contribution < -0.4 is 5.32 Å². The number of amides is 2. The van der Waals surface area contributed by atoms with Crippen LogP contribution in [0.4, 0.5) is 0 Å². The number of morpholine rings is 1. The van der Waals surface area contributed by atoms with Crippen LogP contribution in [0.5, 0.6) is 0 Å². The molecule has 3 rings (SSSR count). The molecule has 1 aromatic heterocycles. The molecule has 0 saturated carbocycles. The SMILES string of the molecule is CC(C)n1ccc(C(=O)N[C@@H]2CC(=O)N(CCN3CCOCC3)C2)n1. The Hall–Kier alpha value is -1.93. The zero-order valence-electron chi connectivity index (χ0n) is 15.0. The molecular weight excluding hydrogens is 322 g/mol. The number of carbonyl (C=O) groups excluding carboxylic acids is 2. The van der Waals surface area contributed by atoms with Crippen molar-refractivity contribution in [1.29, 1.82) is 0 Å². The second kappa shape index (κ2) is 7.97. The predicted molar refractivity (Wildman–Crippen MR) is 92.3 cm³/mol. The summed E-state index contributed by atoms with van der Waals surface area (Å²) in [6.45, 7) is 9.50. The lowest BCUT2D eigenvalue weighted by Crippen LogP contribution is -2.42. The fourth-order valence-corrected chi connectivity index (χ4v) is 3.18. The van der Waals surface area contributed by atoms with Crippen molar-refractivity contribution in [2.45, 2.75) is 32.4 Å². The number of ether oxygens (including phenoxy) is 1. The van der Waals surface area contributed by atoms with Crippen molar-refractivity contribution in [1.82, 2.24) is 24.9 Å². The largest absolute Gasteiger partial charge is 0.379 e. The predicted octanol–water partition coefficient (Wildman–Crippen LogP) is 0.127. The Morgan fingerprint density at radius 3 is 2.80 bits per heavy atom. The molecule has 1 atom stereocenters. The third kappa shape index (κ3) is 4.58. The first kappa shape index (κ1) is 17.9. The van der Waals surface area contributed by atoms with Gasteiger partial charge in [0.2, 0.25) is 5.91 Å². The lowest BCUT2D eigenvalue weighted by molar-refractivity contribution is -0.128. The van der Waals surface area contributed by atoms with Gasteiger partial charge < -0.3 is 15.0 Å². The van der Waals surface area contributed by atoms with Crippen LogP contribution in [0, 0.1) is 0 Å². The number of rotatable bonds is 6. The minimum Gasteiger partial charge on any atom is -0.379 e. The molecule has 2 saturated heterocycles. The highest BCUT2D eigenvalue weighted by molar-refractivity contribution is 5.93. The van der Waals surface area contributed by atoms with Crippen molar-refractivity contribution in [3.8, 4) is 0 Å². The first-order chi connectivity index (χ1) is 12.0. The molecule has 0 aromatic carbocycles. The van der Waals surface area contributed by atoms with E-state index >= 15 is 0 Å². The van der Waals surface area contributed by atoms with Gasteiger partial charge in [-0.1, -0.05) is 0 Å². The maximum atomic E-state index is 12.3. The summed E-state index contributed by atoms with van der Waals surface area (Å²) in [5.74, 6) is -0.113. The van der Waals surface area contributed by atoms with Crippen molar-refractivity contribution in [2.75, 3.05) is 45.9 Å². The van der Waals surface area contributed by atoms with E-state index in [0.717, 1.165) is 32.8 Å². The Labute approximate surface area is 148 Å². The van der Waals surface area contributed by atoms with Gasteiger partial charge in [0, 0.05) is 51.4 Å². The summed E-state index contributed by atoms with van der Waals surface area (Å²) in [6, 6.07) is 1.78. The Kier molecular flexibility index (Phi) is 5.70. The minimum absolute atomic E-state index is 0.103. The molecule has 0 aliphatic carbocycles. The molecule has 2 amide bonds. The number of hydrogen-bond acceptors (Lipinski definition) is 5. The maximum Gasteiger partial charge on any atom is 0.272 e. The average Bonchev–Trinajstić information content (AvgIpc) is 3.21. The molecule has 8 nitrogen and oxygen atoms in total. The van der Waals surface area contributed by atoms with Gasteiger partial charge in [-0.2, -0.15) is 5.10 Å². The summed E-state index contributed by atoms with van der Waals surface area (Å²) < 4.78 is 7.09. The van der Waals surface area contributed by atoms with Gasteiger partial charge in [0.05, 0.1) is 19.3 Å². The van der Waals surface area contributed by atoms with Gasteiger partial charge in [-0.15, -0.1) is 0 Å². The second-order valence-electron chi connectivity index (χ2n) is 6.94. The zero-order valence-corrected chi connectivity index (χ0v) is 15.0. The number of hydrogen-bond donors (Lipinski definition) is 1. The number of aromatic nitrogens is 2. The summed E-state index contributed by atoms with van der Waals surface area (Å²) in [7, 11) is 0. The quantitative estimate of drug-likeness (QED) is 0.790. The van der Waals surface area contributed by atoms with Crippen molar-refractivity contribution in [3.63, 3.8) is 0 Å². The van der Waals surface area contributed by atoms with Crippen molar-refractivity contribution < 1.29 is 14.3 Å². The second-order valence-corrected chi connectivity index (χ2v) is 6.94. The molecule has 0 bridgehead atoms. The lowest BCUT2D eigenvalue weighted by atomic mass is 10.2. The van der Waals surface area contributed by atoms with E-state index in [1.54, 1.807) is 16.9 Å². The van der Waals surface area contributed by atoms with Crippen molar-refractivity contribution in [2.24, 2.45) is 0 Å². The molecule has 3 heterocycles. The third-order valence-electron chi connectivity index (χ3n) is 4.71. The van der Waals surface area contributed by atoms with E-state index < -0.39 is 0 Å². The van der Waals surface area contributed by atoms with Gasteiger partial charge in [-0.25, -0.2) is 0 Å². The number of carbonyl (C=O) groups is 2. The molecular formula is C17H27N5O3. The molecule has 0 spiro atoms. The fraction of sp³-hybridized carbons (Fsp3) is 0.706. The van der Waals surface area contributed by atoms with Crippen LogP contribution in [0.3, 0.4) is 0 Å². The van der Waals surface area contributed by atoms with E-state index in [1.807, 2.05) is 18.7 Å². The molecule has 8 heteroatoms. The summed E-state index contributed by atoms with van der Waals surface area (Å²) in [6.07, 6.45) is 2.16. The molecule has 2 aliphatic rings. The summed E-state index contributed by atoms with van der Waals surface area (Å²) >= 11 is 0. The smallest absolute Gasteiger partial charge is 0.272 e. The highest BCUT2D eigenvalue weighted by atomic mass is 16.5. The van der Waals surface area contributed by atoms with Gasteiger partial charge in [0.1, 0.15) is 5.69 Å². The van der Waals surface area contributed by atoms with Crippen LogP contribution in [0.15, 0.2) is 12.3 Å². The van der Waals surface area contributed by atoms with Crippen LogP contribution >= 0.6 is 0 Å². The van der Waals surface area contributed by atoms with Crippen LogP contribution in [0.25, 0.3) is 0 Å². The van der Waals surface area contributed by atoms with Gasteiger partial charge in [-0.05, 0) is 19.9 Å². The van der Waals surface area contributed by atoms with E-state index in [9.17, 15) is 9.59 Å². The van der Waals surface area contributed by atoms with Gasteiger partial charge in [0.15, 0.2) is 0 Å². The minimum atomic E-state index is -0.216. The Balaban J connectivity index is 1.47. The van der Waals surface area contributed by atoms with E-state index in [2.05, 4.69) is 15.3 Å². The first-order valence-electron chi connectivity index (χ1n) is 8.97. The molecule has 25 heavy (non-hydrogen) atoms. The highest BCUT2D eigenvalue weighted by Crippen LogP contribution is 2.12. The van der Waals surface area contributed by atoms with Gasteiger partial charge >= 0.3 is 0 Å². The number of likely N-dealkylation sites (tertiary alicyclic amines) is 1. The van der Waals surface area contributed by atoms with Gasteiger partial charge in [0.25, 0.3) is 5.91 Å². The van der Waals surface area contributed by atoms with Crippen LogP contribution in [-0.2, 0) is 9.53 Å². The van der Waals surface area contributed by atoms with Crippen LogP contribution in [-0.4, -0.2) is 83.4 Å². The molecule has 2 fully saturated rings. The topological polar surface area (TPSA) is 79.7 Å². The highest BCUT2D eigenvalue weighted by Gasteiger charge is 2.31. The zero-order chi connectivity index (χ0) is 17.8. The number of nitrogens with zero attached hydrogens (tertiary/aromatic N) is 4. The third-order valence-corrected chi connectivity index (χ3v) is 4.71. The molecule has 0 radical (unpaired) electrons. The van der Waals surface area contributed by atoms with E-state index in [-0.39, 0.29) is 23.9 Å². The summed E-state index contributed by atoms with van der Waals surface area (Å²) in [4.78, 5) is 28.6. The lowest BCUT2D eigenvalue weighted by Gasteiger charge is -2.28. The molecule has 0 unspecified atom stereocenters. The maximum absolute atomic E-state index is 12.3. The van der Waals surface area contributed by atoms with E-state index in [4.69, 9.17) is 4.74 Å². The summed E-state index contributed by atoms with van der Waals surface area (Å²) in [5.41, 5.74) is 0.396. The molecule has 1 N–H and O–H groups in total. The number of nitrogens with one attached hydrogen (secondary N) is 1. The molecule has 1 aromatic rings. The monoisotopic (exact) mass is 349 g/mol. The van der Waals surface area contributed by atoms with Crippen LogP contribution in [0.2, 0.25) is 0 Å². The van der Waals surface area contributed by atoms with E-state index in [1.165, 1.54) is 0 Å². The average molecular weight is 349 g/mol. The molecule has 2 aliphatic heterocycles. The van der Waals surface area contributed by atoms with Crippen molar-refractivity contribution in [3.05, 3.63) is 18.0 Å². The van der Waals surface area contributed by atoms with Crippen molar-refractivity contribution >= 4 is 11.8 Å². The van der Waals surface area contributed by atoms with Gasteiger partial charge in [-0.3, -0.25) is 19.2 Å². The Morgan fingerprint density at radius 1 is 1.36 bits per heavy atom. The molecule has 138 valence electrons. The first-order valence-corrected chi connectivity index (χ1v) is 8.97. The standard InChI is InChI=1S/C17H27N5O3/c1-13(2)22-4-3-15(19-22)17(24)18-14-11-16(23)21(12-14)6-5-20-7-9-25-10-8-20/h3-4,13-14H,5-12H2,1-2H3,(H,18,24)/t14-/m1/s1. The van der Waals surface area contributed by atoms with E-state index in [0.29, 0.717) is 25.2 Å².